The summed E-state index contributed by atoms with van der Waals surface area (Å²) in [4.78, 5) is 29.7. The number of nitrogens with zero attached hydrogens (tertiary/aromatic N) is 3. The number of hydrogen-bond acceptors (Lipinski definition) is 9. The Bertz CT molecular complexity index is 1150. The maximum absolute atomic E-state index is 11.8. The number of benzene rings is 1. The Balaban J connectivity index is 0.000000631. The van der Waals surface area contributed by atoms with E-state index in [0.29, 0.717) is 24.3 Å². The van der Waals surface area contributed by atoms with Crippen molar-refractivity contribution >= 4 is 29.5 Å². The van der Waals surface area contributed by atoms with Crippen molar-refractivity contribution in [3.63, 3.8) is 0 Å². The van der Waals surface area contributed by atoms with Gasteiger partial charge in [-0.1, -0.05) is 58.2 Å². The van der Waals surface area contributed by atoms with E-state index in [9.17, 15) is 9.59 Å². The number of carbonyl (C=O) groups is 2. The van der Waals surface area contributed by atoms with Crippen LogP contribution in [0.15, 0.2) is 66.2 Å². The number of amidine groups is 1. The van der Waals surface area contributed by atoms with Gasteiger partial charge in [0.05, 0.1) is 36.2 Å². The van der Waals surface area contributed by atoms with Crippen LogP contribution in [0.1, 0.15) is 64.4 Å². The quantitative estimate of drug-likeness (QED) is 0.181. The predicted molar refractivity (Wildman–Crippen MR) is 173 cm³/mol. The average molecular weight is 600 g/mol. The van der Waals surface area contributed by atoms with Gasteiger partial charge in [-0.05, 0) is 51.2 Å². The molecule has 1 unspecified atom stereocenters. The summed E-state index contributed by atoms with van der Waals surface area (Å²) in [5.74, 6) is 1.33. The van der Waals surface area contributed by atoms with E-state index >= 15 is 0 Å². The first kappa shape index (κ1) is 38.6. The summed E-state index contributed by atoms with van der Waals surface area (Å²) in [6, 6.07) is 9.50. The van der Waals surface area contributed by atoms with Crippen molar-refractivity contribution in [3.05, 3.63) is 72.4 Å². The van der Waals surface area contributed by atoms with Crippen molar-refractivity contribution in [3.8, 4) is 6.07 Å². The third-order valence-electron chi connectivity index (χ3n) is 5.78. The highest BCUT2D eigenvalue weighted by Gasteiger charge is 2.28. The Morgan fingerprint density at radius 3 is 2.29 bits per heavy atom. The maximum Gasteiger partial charge on any atom is 0.338 e. The number of aliphatic hydroxyl groups excluding tert-OH is 1. The second kappa shape index (κ2) is 19.0. The molecule has 42 heavy (non-hydrogen) atoms. The molecule has 0 amide bonds. The lowest BCUT2D eigenvalue weighted by atomic mass is 9.89. The number of aliphatic hydroxyl groups is 1. The molecule has 8 nitrogen and oxygen atoms in total. The first-order valence-corrected chi connectivity index (χ1v) is 15.1. The van der Waals surface area contributed by atoms with Gasteiger partial charge in [0.15, 0.2) is 0 Å². The molecule has 1 aromatic carbocycles. The van der Waals surface area contributed by atoms with E-state index in [1.165, 1.54) is 6.08 Å². The molecule has 1 aliphatic heterocycles. The largest absolute Gasteiger partial charge is 0.460 e. The normalized spacial score (nSPS) is 13.1. The van der Waals surface area contributed by atoms with Gasteiger partial charge in [-0.2, -0.15) is 17.0 Å². The zero-order chi connectivity index (χ0) is 32.5. The highest BCUT2D eigenvalue weighted by Crippen LogP contribution is 2.22. The monoisotopic (exact) mass is 599 g/mol. The van der Waals surface area contributed by atoms with Crippen LogP contribution in [0.5, 0.6) is 0 Å². The summed E-state index contributed by atoms with van der Waals surface area (Å²) >= 11 is 1.69. The first-order valence-electron chi connectivity index (χ1n) is 13.7. The van der Waals surface area contributed by atoms with Gasteiger partial charge in [0.2, 0.25) is 0 Å². The van der Waals surface area contributed by atoms with E-state index in [2.05, 4.69) is 50.4 Å². The Labute approximate surface area is 257 Å². The number of rotatable bonds is 11. The van der Waals surface area contributed by atoms with E-state index in [-0.39, 0.29) is 24.0 Å². The fourth-order valence-electron chi connectivity index (χ4n) is 3.41. The number of aliphatic imine (C=N–C) groups is 1. The fraction of sp³-hybridized carbons (Fsp3) is 0.515. The predicted octanol–water partition coefficient (Wildman–Crippen LogP) is 6.23. The van der Waals surface area contributed by atoms with E-state index in [1.54, 1.807) is 38.6 Å². The van der Waals surface area contributed by atoms with Crippen molar-refractivity contribution in [2.45, 2.75) is 60.3 Å². The van der Waals surface area contributed by atoms with Crippen LogP contribution >= 0.6 is 11.8 Å². The van der Waals surface area contributed by atoms with Crippen molar-refractivity contribution < 1.29 is 24.2 Å². The summed E-state index contributed by atoms with van der Waals surface area (Å²) in [5.41, 5.74) is 2.29. The molecule has 1 atom stereocenters. The summed E-state index contributed by atoms with van der Waals surface area (Å²) in [6.07, 6.45) is 2.64. The summed E-state index contributed by atoms with van der Waals surface area (Å²) in [6.45, 7) is 27.0. The first-order chi connectivity index (χ1) is 19.5. The third kappa shape index (κ3) is 14.5. The number of ether oxygens (including phenoxy) is 2. The molecule has 0 saturated heterocycles. The molecule has 232 valence electrons. The number of hydrogen-bond donors (Lipinski definition) is 1. The number of thioether (sulfide) groups is 1. The molecule has 0 bridgehead atoms. The minimum absolute atomic E-state index is 0.0505. The van der Waals surface area contributed by atoms with Gasteiger partial charge in [0.25, 0.3) is 0 Å². The number of nitriles is 1. The van der Waals surface area contributed by atoms with Gasteiger partial charge in [0, 0.05) is 23.3 Å². The smallest absolute Gasteiger partial charge is 0.338 e. The highest BCUT2D eigenvalue weighted by molar-refractivity contribution is 7.97. The standard InChI is InChI=1S/C13H22N2O2.C13H16O2S.C7H11NO/c1-10(2)11(16)17-9-8-15-7-6-14-12(15)13(3,4)5;1-10(2)8-15-13(14)12-7-5-4-6-11(12)9-16-3;1-4-6(9)7(2,3)5-8/h1,6-9H2,2-5H3;4-7H,1,8-9H2,2-3H3;4,6,9H,1H2,2-3H3. The maximum atomic E-state index is 11.8. The van der Waals surface area contributed by atoms with Crippen LogP contribution in [0.4, 0.5) is 0 Å². The van der Waals surface area contributed by atoms with E-state index < -0.39 is 11.5 Å². The molecular weight excluding hydrogens is 550 g/mol. The van der Waals surface area contributed by atoms with Crippen molar-refractivity contribution in [2.75, 3.05) is 39.1 Å². The van der Waals surface area contributed by atoms with Crippen LogP contribution < -0.4 is 0 Å². The van der Waals surface area contributed by atoms with Crippen LogP contribution in [-0.2, 0) is 20.0 Å². The second-order valence-corrected chi connectivity index (χ2v) is 12.4. The number of esters is 2. The van der Waals surface area contributed by atoms with Crippen LogP contribution in [0.2, 0.25) is 0 Å². The van der Waals surface area contributed by atoms with Gasteiger partial charge >= 0.3 is 11.9 Å². The zero-order valence-electron chi connectivity index (χ0n) is 26.7. The van der Waals surface area contributed by atoms with Crippen molar-refractivity contribution in [1.29, 1.82) is 5.26 Å². The molecule has 0 fully saturated rings. The minimum atomic E-state index is -0.734. The molecular formula is C33H49N3O5S. The Morgan fingerprint density at radius 1 is 1.19 bits per heavy atom. The van der Waals surface area contributed by atoms with Crippen molar-refractivity contribution in [1.82, 2.24) is 4.90 Å². The SMILES string of the molecule is C=C(C)C(=O)OCCN1CCN=C1C(C)(C)C.C=C(C)COC(=O)c1ccccc1CSC.C=CC(O)C(C)(C)C#N. The Kier molecular flexibility index (Phi) is 17.4. The second-order valence-electron chi connectivity index (χ2n) is 11.5. The molecule has 1 heterocycles. The summed E-state index contributed by atoms with van der Waals surface area (Å²) in [5, 5.41) is 17.5. The lowest BCUT2D eigenvalue weighted by Gasteiger charge is -2.28. The van der Waals surface area contributed by atoms with Gasteiger partial charge in [-0.25, -0.2) is 9.59 Å². The molecule has 0 saturated carbocycles. The summed E-state index contributed by atoms with van der Waals surface area (Å²) < 4.78 is 10.2. The lowest BCUT2D eigenvalue weighted by Crippen LogP contribution is -2.38. The molecule has 0 radical (unpaired) electrons. The Hall–Kier alpha value is -3.35. The minimum Gasteiger partial charge on any atom is -0.460 e. The van der Waals surface area contributed by atoms with Crippen LogP contribution in [0.25, 0.3) is 0 Å². The molecule has 1 N–H and O–H groups in total. The Morgan fingerprint density at radius 2 is 1.81 bits per heavy atom. The molecule has 1 aliphatic rings. The third-order valence-corrected chi connectivity index (χ3v) is 6.38. The fourth-order valence-corrected chi connectivity index (χ4v) is 3.97. The lowest BCUT2D eigenvalue weighted by molar-refractivity contribution is -0.139. The van der Waals surface area contributed by atoms with Crippen LogP contribution in [-0.4, -0.2) is 73.0 Å². The van der Waals surface area contributed by atoms with E-state index in [1.807, 2.05) is 37.4 Å². The van der Waals surface area contributed by atoms with E-state index in [4.69, 9.17) is 19.8 Å². The van der Waals surface area contributed by atoms with Crippen LogP contribution in [0.3, 0.4) is 0 Å². The summed E-state index contributed by atoms with van der Waals surface area (Å²) in [7, 11) is 0. The topological polar surface area (TPSA) is 112 Å². The molecule has 2 rings (SSSR count). The zero-order valence-corrected chi connectivity index (χ0v) is 27.5. The molecule has 9 heteroatoms. The molecule has 0 aromatic heterocycles. The van der Waals surface area contributed by atoms with Crippen molar-refractivity contribution in [2.24, 2.45) is 15.8 Å². The van der Waals surface area contributed by atoms with Gasteiger partial charge in [-0.3, -0.25) is 4.99 Å². The molecule has 0 aliphatic carbocycles. The van der Waals surface area contributed by atoms with Gasteiger partial charge < -0.3 is 19.5 Å². The average Bonchev–Trinajstić information content (AvgIpc) is 3.41. The van der Waals surface area contributed by atoms with E-state index in [0.717, 1.165) is 35.8 Å². The molecule has 0 spiro atoms. The van der Waals surface area contributed by atoms with Gasteiger partial charge in [-0.15, -0.1) is 6.58 Å². The van der Waals surface area contributed by atoms with Gasteiger partial charge in [0.1, 0.15) is 19.0 Å². The number of carbonyl (C=O) groups excluding carboxylic acids is 2. The highest BCUT2D eigenvalue weighted by atomic mass is 32.2. The molecule has 1 aromatic rings. The van der Waals surface area contributed by atoms with Crippen LogP contribution in [0, 0.1) is 22.2 Å².